The van der Waals surface area contributed by atoms with E-state index in [0.717, 1.165) is 30.1 Å². The van der Waals surface area contributed by atoms with Crippen LogP contribution in [-0.4, -0.2) is 48.5 Å². The minimum absolute atomic E-state index is 0.446. The lowest BCUT2D eigenvalue weighted by atomic mass is 10.2. The summed E-state index contributed by atoms with van der Waals surface area (Å²) in [6.07, 6.45) is 0.844. The Kier molecular flexibility index (Phi) is 6.48. The number of nitrogens with one attached hydrogen (secondary N) is 2. The first-order valence-electron chi connectivity index (χ1n) is 9.19. The summed E-state index contributed by atoms with van der Waals surface area (Å²) in [7, 11) is 2.04. The van der Waals surface area contributed by atoms with Gasteiger partial charge in [-0.2, -0.15) is 0 Å². The lowest BCUT2D eigenvalue weighted by molar-refractivity contribution is -0.133. The van der Waals surface area contributed by atoms with Crippen LogP contribution in [0.1, 0.15) is 24.4 Å². The molecule has 0 saturated heterocycles. The standard InChI is InChI=1S/C19H24N4O4S/c1-4-26-14-7-6-12(10-15(14)27-5-2)20-17(24)18(25)22-19-21-13-8-9-23(3)11-16(13)28-19/h6-7,10H,4-5,8-9,11H2,1-3H3,(H,20,24)(H,21,22,25). The maximum absolute atomic E-state index is 12.3. The number of likely N-dealkylation sites (N-methyl/N-ethyl adjacent to an activating group) is 1. The topological polar surface area (TPSA) is 92.8 Å². The molecule has 0 bridgehead atoms. The maximum Gasteiger partial charge on any atom is 0.315 e. The van der Waals surface area contributed by atoms with Gasteiger partial charge in [0.05, 0.1) is 18.9 Å². The Morgan fingerprint density at radius 2 is 1.86 bits per heavy atom. The molecule has 1 aliphatic heterocycles. The van der Waals surface area contributed by atoms with Crippen molar-refractivity contribution in [1.29, 1.82) is 0 Å². The van der Waals surface area contributed by atoms with E-state index in [0.29, 0.717) is 35.5 Å². The van der Waals surface area contributed by atoms with Gasteiger partial charge in [0.15, 0.2) is 16.6 Å². The zero-order valence-corrected chi connectivity index (χ0v) is 17.0. The summed E-state index contributed by atoms with van der Waals surface area (Å²) in [4.78, 5) is 32.3. The second-order valence-corrected chi connectivity index (χ2v) is 7.40. The van der Waals surface area contributed by atoms with Crippen molar-refractivity contribution in [3.8, 4) is 11.5 Å². The highest BCUT2D eigenvalue weighted by Gasteiger charge is 2.21. The number of hydrogen-bond donors (Lipinski definition) is 2. The van der Waals surface area contributed by atoms with Crippen LogP contribution >= 0.6 is 11.3 Å². The molecule has 28 heavy (non-hydrogen) atoms. The molecule has 9 heteroatoms. The largest absolute Gasteiger partial charge is 0.490 e. The van der Waals surface area contributed by atoms with Gasteiger partial charge in [0.25, 0.3) is 0 Å². The summed E-state index contributed by atoms with van der Waals surface area (Å²) >= 11 is 1.41. The van der Waals surface area contributed by atoms with Crippen molar-refractivity contribution >= 4 is 34.0 Å². The number of amides is 2. The first-order chi connectivity index (χ1) is 13.5. The fourth-order valence-electron chi connectivity index (χ4n) is 2.85. The molecule has 0 spiro atoms. The summed E-state index contributed by atoms with van der Waals surface area (Å²) in [5, 5.41) is 5.61. The van der Waals surface area contributed by atoms with E-state index in [1.54, 1.807) is 18.2 Å². The molecule has 1 aromatic heterocycles. The molecular formula is C19H24N4O4S. The fraction of sp³-hybridized carbons (Fsp3) is 0.421. The molecule has 8 nitrogen and oxygen atoms in total. The number of thiazole rings is 1. The fourth-order valence-corrected chi connectivity index (χ4v) is 3.93. The van der Waals surface area contributed by atoms with Gasteiger partial charge in [-0.25, -0.2) is 4.98 Å². The van der Waals surface area contributed by atoms with Crippen LogP contribution in [0.15, 0.2) is 18.2 Å². The van der Waals surface area contributed by atoms with E-state index in [4.69, 9.17) is 9.47 Å². The molecule has 0 atom stereocenters. The molecule has 0 fully saturated rings. The second-order valence-electron chi connectivity index (χ2n) is 6.31. The zero-order valence-electron chi connectivity index (χ0n) is 16.2. The molecule has 1 aromatic carbocycles. The number of rotatable bonds is 6. The van der Waals surface area contributed by atoms with Crippen molar-refractivity contribution in [1.82, 2.24) is 9.88 Å². The Hall–Kier alpha value is -2.65. The molecule has 0 unspecified atom stereocenters. The van der Waals surface area contributed by atoms with Crippen molar-refractivity contribution in [3.63, 3.8) is 0 Å². The van der Waals surface area contributed by atoms with Crippen molar-refractivity contribution < 1.29 is 19.1 Å². The number of hydrogen-bond acceptors (Lipinski definition) is 7. The molecule has 2 amide bonds. The Bertz CT molecular complexity index is 868. The number of nitrogens with zero attached hydrogens (tertiary/aromatic N) is 2. The van der Waals surface area contributed by atoms with Gasteiger partial charge in [0.2, 0.25) is 0 Å². The van der Waals surface area contributed by atoms with E-state index in [9.17, 15) is 9.59 Å². The van der Waals surface area contributed by atoms with Gasteiger partial charge in [0.1, 0.15) is 0 Å². The molecule has 150 valence electrons. The summed E-state index contributed by atoms with van der Waals surface area (Å²) in [6, 6.07) is 5.00. The van der Waals surface area contributed by atoms with Crippen LogP contribution in [0.4, 0.5) is 10.8 Å². The first-order valence-corrected chi connectivity index (χ1v) is 10.0. The van der Waals surface area contributed by atoms with Crippen molar-refractivity contribution in [2.45, 2.75) is 26.8 Å². The summed E-state index contributed by atoms with van der Waals surface area (Å²) in [5.41, 5.74) is 1.44. The number of fused-ring (bicyclic) bond motifs is 1. The molecule has 0 aliphatic carbocycles. The molecule has 0 saturated carbocycles. The van der Waals surface area contributed by atoms with Crippen LogP contribution in [0.5, 0.6) is 11.5 Å². The third-order valence-corrected chi connectivity index (χ3v) is 5.15. The molecule has 0 radical (unpaired) electrons. The lowest BCUT2D eigenvalue weighted by Crippen LogP contribution is -2.29. The SMILES string of the molecule is CCOc1ccc(NC(=O)C(=O)Nc2nc3c(s2)CN(C)CC3)cc1OCC. The number of anilines is 2. The van der Waals surface area contributed by atoms with Crippen LogP contribution in [0.25, 0.3) is 0 Å². The normalized spacial score (nSPS) is 13.5. The maximum atomic E-state index is 12.3. The average molecular weight is 404 g/mol. The predicted octanol–water partition coefficient (Wildman–Crippen LogP) is 2.51. The van der Waals surface area contributed by atoms with Gasteiger partial charge >= 0.3 is 11.8 Å². The zero-order chi connectivity index (χ0) is 20.1. The molecule has 2 heterocycles. The summed E-state index contributed by atoms with van der Waals surface area (Å²) in [5.74, 6) is -0.424. The van der Waals surface area contributed by atoms with Crippen LogP contribution in [0, 0.1) is 0 Å². The Morgan fingerprint density at radius 3 is 2.61 bits per heavy atom. The van der Waals surface area contributed by atoms with E-state index < -0.39 is 11.8 Å². The highest BCUT2D eigenvalue weighted by Crippen LogP contribution is 2.31. The van der Waals surface area contributed by atoms with Crippen molar-refractivity contribution in [3.05, 3.63) is 28.8 Å². The monoisotopic (exact) mass is 404 g/mol. The van der Waals surface area contributed by atoms with E-state index in [2.05, 4.69) is 20.5 Å². The van der Waals surface area contributed by atoms with Crippen LogP contribution in [-0.2, 0) is 22.6 Å². The number of carbonyl (C=O) groups is 2. The number of aromatic nitrogens is 1. The molecular weight excluding hydrogens is 380 g/mol. The van der Waals surface area contributed by atoms with Gasteiger partial charge in [0, 0.05) is 36.1 Å². The van der Waals surface area contributed by atoms with Crippen molar-refractivity contribution in [2.24, 2.45) is 0 Å². The lowest BCUT2D eigenvalue weighted by Gasteiger charge is -2.20. The average Bonchev–Trinajstić information content (AvgIpc) is 3.05. The number of ether oxygens (including phenoxy) is 2. The number of benzene rings is 1. The Labute approximate surface area is 167 Å². The summed E-state index contributed by atoms with van der Waals surface area (Å²) < 4.78 is 11.0. The molecule has 3 rings (SSSR count). The Balaban J connectivity index is 1.64. The second kappa shape index (κ2) is 9.03. The third-order valence-electron chi connectivity index (χ3n) is 4.15. The molecule has 2 aromatic rings. The van der Waals surface area contributed by atoms with E-state index in [1.165, 1.54) is 11.3 Å². The van der Waals surface area contributed by atoms with Gasteiger partial charge < -0.3 is 19.7 Å². The van der Waals surface area contributed by atoms with Crippen molar-refractivity contribution in [2.75, 3.05) is 37.4 Å². The first kappa shape index (κ1) is 20.1. The van der Waals surface area contributed by atoms with Gasteiger partial charge in [-0.1, -0.05) is 0 Å². The van der Waals surface area contributed by atoms with Crippen LogP contribution in [0.2, 0.25) is 0 Å². The summed E-state index contributed by atoms with van der Waals surface area (Å²) in [6.45, 7) is 6.44. The third kappa shape index (κ3) is 4.79. The molecule has 1 aliphatic rings. The van der Waals surface area contributed by atoms with E-state index >= 15 is 0 Å². The minimum atomic E-state index is -0.767. The van der Waals surface area contributed by atoms with Gasteiger partial charge in [-0.3, -0.25) is 14.9 Å². The molecule has 2 N–H and O–H groups in total. The Morgan fingerprint density at radius 1 is 1.14 bits per heavy atom. The van der Waals surface area contributed by atoms with E-state index in [-0.39, 0.29) is 0 Å². The van der Waals surface area contributed by atoms with E-state index in [1.807, 2.05) is 20.9 Å². The van der Waals surface area contributed by atoms with Gasteiger partial charge in [-0.05, 0) is 33.0 Å². The predicted molar refractivity (Wildman–Crippen MR) is 108 cm³/mol. The smallest absolute Gasteiger partial charge is 0.315 e. The highest BCUT2D eigenvalue weighted by atomic mass is 32.1. The van der Waals surface area contributed by atoms with Crippen LogP contribution < -0.4 is 20.1 Å². The number of carbonyl (C=O) groups excluding carboxylic acids is 2. The van der Waals surface area contributed by atoms with Gasteiger partial charge in [-0.15, -0.1) is 11.3 Å². The quantitative estimate of drug-likeness (QED) is 0.719. The van der Waals surface area contributed by atoms with Crippen LogP contribution in [0.3, 0.4) is 0 Å². The highest BCUT2D eigenvalue weighted by molar-refractivity contribution is 7.16. The minimum Gasteiger partial charge on any atom is -0.490 e.